The summed E-state index contributed by atoms with van der Waals surface area (Å²) in [6.07, 6.45) is 5.70. The maximum atomic E-state index is 9.92. The third-order valence-electron chi connectivity index (χ3n) is 4.24. The number of aliphatic hydroxyl groups is 1. The van der Waals surface area contributed by atoms with Crippen LogP contribution in [-0.2, 0) is 7.05 Å². The normalized spacial score (nSPS) is 11.4. The van der Waals surface area contributed by atoms with Gasteiger partial charge in [-0.05, 0) is 37.5 Å². The highest BCUT2D eigenvalue weighted by Crippen LogP contribution is 2.26. The van der Waals surface area contributed by atoms with E-state index in [0.29, 0.717) is 0 Å². The molecule has 0 saturated carbocycles. The second-order valence-electron chi connectivity index (χ2n) is 7.04. The lowest BCUT2D eigenvalue weighted by Gasteiger charge is -2.08. The van der Waals surface area contributed by atoms with E-state index in [9.17, 15) is 5.11 Å². The number of aromatic nitrogens is 4. The Morgan fingerprint density at radius 2 is 1.70 bits per heavy atom. The molecule has 0 fully saturated rings. The predicted octanol–water partition coefficient (Wildman–Crippen LogP) is 3.52. The van der Waals surface area contributed by atoms with Crippen molar-refractivity contribution in [1.82, 2.24) is 19.2 Å². The van der Waals surface area contributed by atoms with Gasteiger partial charge >= 0.3 is 0 Å². The molecule has 3 heterocycles. The molecule has 1 aromatic carbocycles. The van der Waals surface area contributed by atoms with Crippen LogP contribution in [0.4, 0.5) is 0 Å². The fourth-order valence-corrected chi connectivity index (χ4v) is 2.96. The Labute approximate surface area is 157 Å². The molecule has 0 bridgehead atoms. The molecule has 3 aromatic heterocycles. The minimum absolute atomic E-state index is 0.790. The summed E-state index contributed by atoms with van der Waals surface area (Å²) in [5.74, 6) is 5.96. The number of pyridine rings is 1. The number of nitrogens with zero attached hydrogens (tertiary/aromatic N) is 4. The number of hydrogen-bond donors (Lipinski definition) is 1. The SMILES string of the molecule is Cn1cc(-c2ccc(-c3cnc4cccc(C#CC(C)(C)O)n34)cc2)cn1. The fraction of sp³-hybridized carbons (Fsp3) is 0.182. The average molecular weight is 356 g/mol. The summed E-state index contributed by atoms with van der Waals surface area (Å²) in [5.41, 5.74) is 4.77. The van der Waals surface area contributed by atoms with Crippen LogP contribution >= 0.6 is 0 Å². The molecule has 134 valence electrons. The number of hydrogen-bond acceptors (Lipinski definition) is 3. The summed E-state index contributed by atoms with van der Waals surface area (Å²) in [6, 6.07) is 14.1. The molecule has 0 spiro atoms. The molecule has 0 saturated heterocycles. The number of imidazole rings is 1. The van der Waals surface area contributed by atoms with Crippen LogP contribution in [0.5, 0.6) is 0 Å². The van der Waals surface area contributed by atoms with E-state index in [2.05, 4.69) is 46.2 Å². The Bertz CT molecular complexity index is 1160. The van der Waals surface area contributed by atoms with E-state index in [1.165, 1.54) is 0 Å². The van der Waals surface area contributed by atoms with Gasteiger partial charge in [-0.15, -0.1) is 0 Å². The van der Waals surface area contributed by atoms with Crippen LogP contribution in [0.1, 0.15) is 19.5 Å². The van der Waals surface area contributed by atoms with E-state index < -0.39 is 5.60 Å². The van der Waals surface area contributed by atoms with E-state index in [-0.39, 0.29) is 0 Å². The Morgan fingerprint density at radius 1 is 0.963 bits per heavy atom. The molecule has 0 amide bonds. The molecule has 1 N–H and O–H groups in total. The Balaban J connectivity index is 1.79. The van der Waals surface area contributed by atoms with Crippen molar-refractivity contribution in [2.24, 2.45) is 7.05 Å². The average Bonchev–Trinajstić information content (AvgIpc) is 3.26. The molecule has 0 unspecified atom stereocenters. The molecule has 4 aromatic rings. The first-order valence-electron chi connectivity index (χ1n) is 8.72. The maximum absolute atomic E-state index is 9.92. The van der Waals surface area contributed by atoms with Gasteiger partial charge in [-0.2, -0.15) is 5.10 Å². The standard InChI is InChI=1S/C22H20N4O/c1-22(2,27)12-11-19-5-4-6-21-23-14-20(26(19)21)17-9-7-16(8-10-17)18-13-24-25(3)15-18/h4-10,13-15,27H,1-3H3. The summed E-state index contributed by atoms with van der Waals surface area (Å²) in [4.78, 5) is 4.50. The maximum Gasteiger partial charge on any atom is 0.138 e. The van der Waals surface area contributed by atoms with Gasteiger partial charge in [-0.1, -0.05) is 36.3 Å². The lowest BCUT2D eigenvalue weighted by atomic mass is 10.1. The number of fused-ring (bicyclic) bond motifs is 1. The zero-order chi connectivity index (χ0) is 19.0. The molecule has 0 radical (unpaired) electrons. The van der Waals surface area contributed by atoms with Gasteiger partial charge in [0.2, 0.25) is 0 Å². The third-order valence-corrected chi connectivity index (χ3v) is 4.24. The number of rotatable bonds is 2. The summed E-state index contributed by atoms with van der Waals surface area (Å²) in [5, 5.41) is 14.1. The van der Waals surface area contributed by atoms with Crippen LogP contribution in [0.15, 0.2) is 61.1 Å². The topological polar surface area (TPSA) is 55.3 Å². The molecule has 27 heavy (non-hydrogen) atoms. The van der Waals surface area contributed by atoms with Crippen LogP contribution in [0, 0.1) is 11.8 Å². The van der Waals surface area contributed by atoms with Gasteiger partial charge in [0.25, 0.3) is 0 Å². The Morgan fingerprint density at radius 3 is 2.37 bits per heavy atom. The zero-order valence-electron chi connectivity index (χ0n) is 15.5. The van der Waals surface area contributed by atoms with Crippen molar-refractivity contribution in [3.63, 3.8) is 0 Å². The summed E-state index contributed by atoms with van der Waals surface area (Å²) in [6.45, 7) is 3.35. The Kier molecular flexibility index (Phi) is 4.06. The van der Waals surface area contributed by atoms with E-state index in [0.717, 1.165) is 33.7 Å². The van der Waals surface area contributed by atoms with Gasteiger partial charge in [-0.3, -0.25) is 9.08 Å². The van der Waals surface area contributed by atoms with Crippen molar-refractivity contribution >= 4 is 5.65 Å². The van der Waals surface area contributed by atoms with Gasteiger partial charge in [0, 0.05) is 24.4 Å². The minimum Gasteiger partial charge on any atom is -0.378 e. The lowest BCUT2D eigenvalue weighted by Crippen LogP contribution is -2.14. The first-order chi connectivity index (χ1) is 12.9. The molecular formula is C22H20N4O. The molecule has 0 aliphatic heterocycles. The van der Waals surface area contributed by atoms with Crippen LogP contribution in [0.2, 0.25) is 0 Å². The molecule has 5 nitrogen and oxygen atoms in total. The zero-order valence-corrected chi connectivity index (χ0v) is 15.5. The summed E-state index contributed by atoms with van der Waals surface area (Å²) in [7, 11) is 1.91. The van der Waals surface area contributed by atoms with E-state index in [4.69, 9.17) is 0 Å². The smallest absolute Gasteiger partial charge is 0.138 e. The monoisotopic (exact) mass is 356 g/mol. The first kappa shape index (κ1) is 17.1. The van der Waals surface area contributed by atoms with Gasteiger partial charge < -0.3 is 5.11 Å². The largest absolute Gasteiger partial charge is 0.378 e. The summed E-state index contributed by atoms with van der Waals surface area (Å²) < 4.78 is 3.80. The highest BCUT2D eigenvalue weighted by molar-refractivity contribution is 5.70. The van der Waals surface area contributed by atoms with E-state index >= 15 is 0 Å². The predicted molar refractivity (Wildman–Crippen MR) is 106 cm³/mol. The number of benzene rings is 1. The van der Waals surface area contributed by atoms with Crippen molar-refractivity contribution in [3.8, 4) is 34.2 Å². The quantitative estimate of drug-likeness (QED) is 0.559. The van der Waals surface area contributed by atoms with Crippen molar-refractivity contribution < 1.29 is 5.11 Å². The third kappa shape index (κ3) is 3.48. The second-order valence-corrected chi connectivity index (χ2v) is 7.04. The molecule has 4 rings (SSSR count). The molecular weight excluding hydrogens is 336 g/mol. The second kappa shape index (κ2) is 6.42. The van der Waals surface area contributed by atoms with Gasteiger partial charge in [0.05, 0.1) is 23.8 Å². The van der Waals surface area contributed by atoms with Crippen molar-refractivity contribution in [2.45, 2.75) is 19.4 Å². The van der Waals surface area contributed by atoms with Gasteiger partial charge in [-0.25, -0.2) is 4.98 Å². The number of aryl methyl sites for hydroxylation is 1. The lowest BCUT2D eigenvalue weighted by molar-refractivity contribution is 0.143. The van der Waals surface area contributed by atoms with E-state index in [1.807, 2.05) is 48.2 Å². The van der Waals surface area contributed by atoms with E-state index in [1.54, 1.807) is 18.5 Å². The molecule has 0 atom stereocenters. The van der Waals surface area contributed by atoms with Crippen LogP contribution < -0.4 is 0 Å². The van der Waals surface area contributed by atoms with Crippen molar-refractivity contribution in [2.75, 3.05) is 0 Å². The highest BCUT2D eigenvalue weighted by atomic mass is 16.3. The molecule has 0 aliphatic rings. The minimum atomic E-state index is -1.05. The van der Waals surface area contributed by atoms with Crippen LogP contribution in [-0.4, -0.2) is 29.9 Å². The molecule has 5 heteroatoms. The first-order valence-corrected chi connectivity index (χ1v) is 8.72. The van der Waals surface area contributed by atoms with Gasteiger partial charge in [0.1, 0.15) is 11.2 Å². The Hall–Kier alpha value is -3.36. The van der Waals surface area contributed by atoms with Crippen molar-refractivity contribution in [1.29, 1.82) is 0 Å². The molecule has 0 aliphatic carbocycles. The van der Waals surface area contributed by atoms with Gasteiger partial charge in [0.15, 0.2) is 0 Å². The highest BCUT2D eigenvalue weighted by Gasteiger charge is 2.11. The van der Waals surface area contributed by atoms with Crippen LogP contribution in [0.3, 0.4) is 0 Å². The summed E-state index contributed by atoms with van der Waals surface area (Å²) >= 11 is 0. The van der Waals surface area contributed by atoms with Crippen LogP contribution in [0.25, 0.3) is 28.0 Å². The van der Waals surface area contributed by atoms with Crippen molar-refractivity contribution in [3.05, 3.63) is 66.7 Å². The fourth-order valence-electron chi connectivity index (χ4n) is 2.96.